The predicted octanol–water partition coefficient (Wildman–Crippen LogP) is 3.42. The van der Waals surface area contributed by atoms with E-state index in [1.165, 1.54) is 11.1 Å². The number of methoxy groups -OCH3 is 1. The summed E-state index contributed by atoms with van der Waals surface area (Å²) in [5.74, 6) is 0.845. The Balaban J connectivity index is 2.23. The molecule has 0 aliphatic heterocycles. The number of nitrogens with two attached hydrogens (primary N) is 1. The van der Waals surface area contributed by atoms with Crippen molar-refractivity contribution < 1.29 is 4.74 Å². The van der Waals surface area contributed by atoms with E-state index in [9.17, 15) is 0 Å². The number of rotatable bonds is 4. The minimum Gasteiger partial charge on any atom is -0.497 e. The molecule has 0 aromatic heterocycles. The highest BCUT2D eigenvalue weighted by Crippen LogP contribution is 2.26. The summed E-state index contributed by atoms with van der Waals surface area (Å²) in [6.45, 7) is 4.15. The summed E-state index contributed by atoms with van der Waals surface area (Å²) in [5.41, 5.74) is 9.68. The Morgan fingerprint density at radius 3 is 2.42 bits per heavy atom. The van der Waals surface area contributed by atoms with Gasteiger partial charge in [0.1, 0.15) is 5.75 Å². The lowest BCUT2D eigenvalue weighted by molar-refractivity contribution is 0.410. The molecule has 0 amide bonds. The van der Waals surface area contributed by atoms with Gasteiger partial charge < -0.3 is 10.5 Å². The number of hydrogen-bond donors (Lipinski definition) is 1. The van der Waals surface area contributed by atoms with Crippen molar-refractivity contribution in [3.63, 3.8) is 0 Å². The highest BCUT2D eigenvalue weighted by molar-refractivity contribution is 5.34. The Kier molecular flexibility index (Phi) is 3.91. The van der Waals surface area contributed by atoms with Gasteiger partial charge in [0.15, 0.2) is 0 Å². The first-order valence-electron chi connectivity index (χ1n) is 6.50. The Bertz CT molecular complexity index is 543. The van der Waals surface area contributed by atoms with Crippen LogP contribution in [-0.4, -0.2) is 7.11 Å². The second kappa shape index (κ2) is 5.45. The number of ether oxygens (including phenoxy) is 1. The third-order valence-corrected chi connectivity index (χ3v) is 3.42. The SMILES string of the molecule is COc1cccc(C(C)(N)Cc2ccc(C)cc2)c1. The molecule has 2 aromatic carbocycles. The molecule has 0 aliphatic rings. The van der Waals surface area contributed by atoms with Crippen LogP contribution >= 0.6 is 0 Å². The van der Waals surface area contributed by atoms with Gasteiger partial charge in [-0.3, -0.25) is 0 Å². The topological polar surface area (TPSA) is 35.2 Å². The summed E-state index contributed by atoms with van der Waals surface area (Å²) < 4.78 is 5.26. The average Bonchev–Trinajstić information content (AvgIpc) is 2.41. The van der Waals surface area contributed by atoms with E-state index >= 15 is 0 Å². The van der Waals surface area contributed by atoms with Gasteiger partial charge in [-0.2, -0.15) is 0 Å². The molecule has 0 saturated carbocycles. The van der Waals surface area contributed by atoms with Gasteiger partial charge in [-0.1, -0.05) is 42.0 Å². The first kappa shape index (κ1) is 13.6. The summed E-state index contributed by atoms with van der Waals surface area (Å²) in [4.78, 5) is 0. The molecule has 2 rings (SSSR count). The summed E-state index contributed by atoms with van der Waals surface area (Å²) >= 11 is 0. The third kappa shape index (κ3) is 3.36. The molecule has 2 heteroatoms. The van der Waals surface area contributed by atoms with E-state index in [-0.39, 0.29) is 0 Å². The number of hydrogen-bond acceptors (Lipinski definition) is 2. The van der Waals surface area contributed by atoms with Crippen LogP contribution in [0.3, 0.4) is 0 Å². The van der Waals surface area contributed by atoms with Crippen molar-refractivity contribution in [1.29, 1.82) is 0 Å². The lowest BCUT2D eigenvalue weighted by Gasteiger charge is -2.26. The van der Waals surface area contributed by atoms with Crippen LogP contribution < -0.4 is 10.5 Å². The maximum absolute atomic E-state index is 6.48. The fraction of sp³-hybridized carbons (Fsp3) is 0.294. The van der Waals surface area contributed by atoms with Crippen LogP contribution in [0.1, 0.15) is 23.6 Å². The van der Waals surface area contributed by atoms with Gasteiger partial charge in [0.2, 0.25) is 0 Å². The highest BCUT2D eigenvalue weighted by Gasteiger charge is 2.22. The standard InChI is InChI=1S/C17H21NO/c1-13-7-9-14(10-8-13)12-17(2,18)15-5-4-6-16(11-15)19-3/h4-11H,12,18H2,1-3H3. The molecule has 1 atom stereocenters. The van der Waals surface area contributed by atoms with E-state index < -0.39 is 5.54 Å². The van der Waals surface area contributed by atoms with Crippen LogP contribution in [0.5, 0.6) is 5.75 Å². The zero-order valence-corrected chi connectivity index (χ0v) is 11.8. The van der Waals surface area contributed by atoms with Gasteiger partial charge in [-0.25, -0.2) is 0 Å². The van der Waals surface area contributed by atoms with Crippen molar-refractivity contribution in [3.05, 3.63) is 65.2 Å². The van der Waals surface area contributed by atoms with E-state index in [2.05, 4.69) is 44.2 Å². The van der Waals surface area contributed by atoms with E-state index in [4.69, 9.17) is 10.5 Å². The van der Waals surface area contributed by atoms with Gasteiger partial charge >= 0.3 is 0 Å². The second-order valence-electron chi connectivity index (χ2n) is 5.31. The Morgan fingerprint density at radius 2 is 1.79 bits per heavy atom. The lowest BCUT2D eigenvalue weighted by Crippen LogP contribution is -2.35. The molecule has 2 N–H and O–H groups in total. The van der Waals surface area contributed by atoms with Crippen LogP contribution in [0.2, 0.25) is 0 Å². The molecule has 2 nitrogen and oxygen atoms in total. The van der Waals surface area contributed by atoms with Crippen LogP contribution in [0, 0.1) is 6.92 Å². The summed E-state index contributed by atoms with van der Waals surface area (Å²) in [7, 11) is 1.67. The zero-order chi connectivity index (χ0) is 13.9. The first-order valence-corrected chi connectivity index (χ1v) is 6.50. The van der Waals surface area contributed by atoms with Gasteiger partial charge in [0.25, 0.3) is 0 Å². The molecule has 0 aliphatic carbocycles. The zero-order valence-electron chi connectivity index (χ0n) is 11.8. The van der Waals surface area contributed by atoms with Crippen molar-refractivity contribution in [2.24, 2.45) is 5.73 Å². The molecule has 0 saturated heterocycles. The van der Waals surface area contributed by atoms with Crippen molar-refractivity contribution in [3.8, 4) is 5.75 Å². The Morgan fingerprint density at radius 1 is 1.11 bits per heavy atom. The number of benzene rings is 2. The van der Waals surface area contributed by atoms with E-state index in [0.717, 1.165) is 17.7 Å². The maximum atomic E-state index is 6.48. The molecule has 0 radical (unpaired) electrons. The van der Waals surface area contributed by atoms with E-state index in [1.807, 2.05) is 18.2 Å². The van der Waals surface area contributed by atoms with Crippen LogP contribution in [-0.2, 0) is 12.0 Å². The van der Waals surface area contributed by atoms with Gasteiger partial charge in [-0.15, -0.1) is 0 Å². The average molecular weight is 255 g/mol. The molecule has 2 aromatic rings. The fourth-order valence-corrected chi connectivity index (χ4v) is 2.21. The molecule has 0 fully saturated rings. The predicted molar refractivity (Wildman–Crippen MR) is 79.4 cm³/mol. The summed E-state index contributed by atoms with van der Waals surface area (Å²) in [6.07, 6.45) is 0.806. The minimum absolute atomic E-state index is 0.399. The van der Waals surface area contributed by atoms with Gasteiger partial charge in [-0.05, 0) is 43.5 Å². The van der Waals surface area contributed by atoms with E-state index in [1.54, 1.807) is 7.11 Å². The fourth-order valence-electron chi connectivity index (χ4n) is 2.21. The van der Waals surface area contributed by atoms with Crippen molar-refractivity contribution in [2.75, 3.05) is 7.11 Å². The third-order valence-electron chi connectivity index (χ3n) is 3.42. The summed E-state index contributed by atoms with van der Waals surface area (Å²) in [6, 6.07) is 16.5. The van der Waals surface area contributed by atoms with Crippen molar-refractivity contribution in [2.45, 2.75) is 25.8 Å². The van der Waals surface area contributed by atoms with Crippen LogP contribution in [0.4, 0.5) is 0 Å². The second-order valence-corrected chi connectivity index (χ2v) is 5.31. The monoisotopic (exact) mass is 255 g/mol. The quantitative estimate of drug-likeness (QED) is 0.908. The van der Waals surface area contributed by atoms with Gasteiger partial charge in [0, 0.05) is 5.54 Å². The Hall–Kier alpha value is -1.80. The van der Waals surface area contributed by atoms with Crippen LogP contribution in [0.25, 0.3) is 0 Å². The molecule has 100 valence electrons. The Labute approximate surface area is 115 Å². The van der Waals surface area contributed by atoms with Gasteiger partial charge in [0.05, 0.1) is 7.11 Å². The molecule has 0 spiro atoms. The summed E-state index contributed by atoms with van der Waals surface area (Å²) in [5, 5.41) is 0. The number of aryl methyl sites for hydroxylation is 1. The van der Waals surface area contributed by atoms with Crippen LogP contribution in [0.15, 0.2) is 48.5 Å². The maximum Gasteiger partial charge on any atom is 0.119 e. The van der Waals surface area contributed by atoms with E-state index in [0.29, 0.717) is 0 Å². The highest BCUT2D eigenvalue weighted by atomic mass is 16.5. The molecule has 0 bridgehead atoms. The smallest absolute Gasteiger partial charge is 0.119 e. The minimum atomic E-state index is -0.399. The molecular formula is C17H21NO. The van der Waals surface area contributed by atoms with Crippen molar-refractivity contribution >= 4 is 0 Å². The molecule has 1 unspecified atom stereocenters. The van der Waals surface area contributed by atoms with Crippen molar-refractivity contribution in [1.82, 2.24) is 0 Å². The molecule has 0 heterocycles. The molecule has 19 heavy (non-hydrogen) atoms. The lowest BCUT2D eigenvalue weighted by atomic mass is 9.86. The normalized spacial score (nSPS) is 13.9. The molecular weight excluding hydrogens is 234 g/mol. The largest absolute Gasteiger partial charge is 0.497 e. The first-order chi connectivity index (χ1) is 9.01.